The van der Waals surface area contributed by atoms with Gasteiger partial charge < -0.3 is 4.74 Å². The largest absolute Gasteiger partial charge is 0.449 e. The summed E-state index contributed by atoms with van der Waals surface area (Å²) in [5.74, 6) is -1.12. The molecule has 3 aromatic rings. The maximum absolute atomic E-state index is 12.3. The first-order valence-electron chi connectivity index (χ1n) is 8.21. The van der Waals surface area contributed by atoms with Crippen LogP contribution in [0.15, 0.2) is 60.0 Å². The molecule has 0 bridgehead atoms. The molecule has 9 heteroatoms. The van der Waals surface area contributed by atoms with E-state index in [2.05, 4.69) is 10.3 Å². The van der Waals surface area contributed by atoms with Crippen LogP contribution >= 0.6 is 11.3 Å². The average Bonchev–Trinajstić information content (AvgIpc) is 3.17. The number of nitro benzene ring substituents is 1. The number of ether oxygens (including phenoxy) is 1. The first-order chi connectivity index (χ1) is 13.4. The minimum absolute atomic E-state index is 0.0440. The van der Waals surface area contributed by atoms with Crippen molar-refractivity contribution in [2.45, 2.75) is 13.0 Å². The van der Waals surface area contributed by atoms with Crippen LogP contribution in [0.1, 0.15) is 17.3 Å². The Morgan fingerprint density at radius 2 is 1.93 bits per heavy atom. The summed E-state index contributed by atoms with van der Waals surface area (Å²) in [5.41, 5.74) is 1.37. The molecule has 1 heterocycles. The summed E-state index contributed by atoms with van der Waals surface area (Å²) >= 11 is 1.17. The Morgan fingerprint density at radius 3 is 2.64 bits per heavy atom. The van der Waals surface area contributed by atoms with Gasteiger partial charge in [0.25, 0.3) is 11.6 Å². The minimum Gasteiger partial charge on any atom is -0.449 e. The number of amides is 1. The molecule has 8 nitrogen and oxygen atoms in total. The molecule has 3 rings (SSSR count). The second-order valence-corrected chi connectivity index (χ2v) is 6.61. The van der Waals surface area contributed by atoms with Crippen molar-refractivity contribution in [1.29, 1.82) is 0 Å². The molecule has 0 aliphatic heterocycles. The van der Waals surface area contributed by atoms with Crippen molar-refractivity contribution in [3.05, 3.63) is 75.7 Å². The number of aromatic nitrogens is 1. The fraction of sp³-hybridized carbons (Fsp3) is 0.105. The summed E-state index contributed by atoms with van der Waals surface area (Å²) in [7, 11) is 0. The third kappa shape index (κ3) is 4.57. The number of nitro groups is 1. The minimum atomic E-state index is -1.02. The molecule has 0 saturated carbocycles. The molecular formula is C19H15N3O5S. The second kappa shape index (κ2) is 8.40. The van der Waals surface area contributed by atoms with E-state index in [9.17, 15) is 19.7 Å². The van der Waals surface area contributed by atoms with Crippen LogP contribution in [0.5, 0.6) is 0 Å². The highest BCUT2D eigenvalue weighted by Gasteiger charge is 2.20. The molecule has 0 fully saturated rings. The number of nitrogens with zero attached hydrogens (tertiary/aromatic N) is 2. The van der Waals surface area contributed by atoms with Crippen molar-refractivity contribution in [2.75, 3.05) is 5.32 Å². The number of hydrogen-bond acceptors (Lipinski definition) is 7. The van der Waals surface area contributed by atoms with Crippen LogP contribution in [-0.2, 0) is 9.53 Å². The fourth-order valence-electron chi connectivity index (χ4n) is 2.31. The number of hydrogen-bond donors (Lipinski definition) is 1. The predicted octanol–water partition coefficient (Wildman–Crippen LogP) is 3.90. The van der Waals surface area contributed by atoms with Crippen LogP contribution in [0, 0.1) is 10.1 Å². The lowest BCUT2D eigenvalue weighted by Gasteiger charge is -2.12. The highest BCUT2D eigenvalue weighted by molar-refractivity contribution is 7.14. The molecule has 0 unspecified atom stereocenters. The molecule has 0 aliphatic carbocycles. The maximum atomic E-state index is 12.3. The zero-order chi connectivity index (χ0) is 20.1. The van der Waals surface area contributed by atoms with Crippen molar-refractivity contribution in [2.24, 2.45) is 0 Å². The van der Waals surface area contributed by atoms with Crippen molar-refractivity contribution in [3.8, 4) is 11.3 Å². The number of rotatable bonds is 6. The van der Waals surface area contributed by atoms with E-state index in [-0.39, 0.29) is 5.69 Å². The van der Waals surface area contributed by atoms with Crippen LogP contribution in [0.25, 0.3) is 11.3 Å². The van der Waals surface area contributed by atoms with E-state index in [1.807, 2.05) is 0 Å². The van der Waals surface area contributed by atoms with Gasteiger partial charge in [-0.05, 0) is 19.1 Å². The molecule has 1 atom stereocenters. The van der Waals surface area contributed by atoms with Crippen LogP contribution < -0.4 is 5.32 Å². The molecule has 1 amide bonds. The lowest BCUT2D eigenvalue weighted by atomic mass is 10.1. The molecule has 1 aromatic heterocycles. The molecule has 0 spiro atoms. The molecule has 142 valence electrons. The highest BCUT2D eigenvalue weighted by Crippen LogP contribution is 2.27. The van der Waals surface area contributed by atoms with E-state index in [4.69, 9.17) is 4.74 Å². The van der Waals surface area contributed by atoms with E-state index in [0.29, 0.717) is 22.0 Å². The lowest BCUT2D eigenvalue weighted by Crippen LogP contribution is -2.29. The Labute approximate surface area is 164 Å². The third-order valence-corrected chi connectivity index (χ3v) is 4.51. The van der Waals surface area contributed by atoms with Gasteiger partial charge in [-0.3, -0.25) is 20.2 Å². The summed E-state index contributed by atoms with van der Waals surface area (Å²) in [6, 6.07) is 14.4. The summed E-state index contributed by atoms with van der Waals surface area (Å²) in [4.78, 5) is 38.9. The molecule has 28 heavy (non-hydrogen) atoms. The van der Waals surface area contributed by atoms with E-state index in [1.165, 1.54) is 30.4 Å². The van der Waals surface area contributed by atoms with Crippen molar-refractivity contribution in [1.82, 2.24) is 4.98 Å². The van der Waals surface area contributed by atoms with Gasteiger partial charge in [0, 0.05) is 23.1 Å². The number of benzene rings is 2. The van der Waals surface area contributed by atoms with Gasteiger partial charge in [0.1, 0.15) is 0 Å². The number of thiazole rings is 1. The van der Waals surface area contributed by atoms with Gasteiger partial charge in [-0.1, -0.05) is 30.3 Å². The quantitative estimate of drug-likeness (QED) is 0.383. The molecule has 2 aromatic carbocycles. The molecule has 0 radical (unpaired) electrons. The number of esters is 1. The normalized spacial score (nSPS) is 11.5. The number of nitrogens with one attached hydrogen (secondary N) is 1. The first kappa shape index (κ1) is 19.2. The van der Waals surface area contributed by atoms with Gasteiger partial charge in [0.15, 0.2) is 11.2 Å². The van der Waals surface area contributed by atoms with E-state index >= 15 is 0 Å². The maximum Gasteiger partial charge on any atom is 0.338 e. The van der Waals surface area contributed by atoms with Gasteiger partial charge in [0.05, 0.1) is 16.2 Å². The Hall–Kier alpha value is -3.59. The fourth-order valence-corrected chi connectivity index (χ4v) is 3.03. The summed E-state index contributed by atoms with van der Waals surface area (Å²) < 4.78 is 5.15. The number of carbonyl (C=O) groups excluding carboxylic acids is 2. The Balaban J connectivity index is 1.64. The standard InChI is InChI=1S/C19H15N3O5S/c1-12(27-18(24)13-6-3-2-4-7-13)17(23)21-19-20-16(11-28-19)14-8-5-9-15(10-14)22(25)26/h2-12H,1H3,(H,20,21,23)/t12-/m1/s1. The summed E-state index contributed by atoms with van der Waals surface area (Å²) in [6.07, 6.45) is -1.02. The van der Waals surface area contributed by atoms with E-state index < -0.39 is 22.9 Å². The van der Waals surface area contributed by atoms with Gasteiger partial charge in [-0.25, -0.2) is 9.78 Å². The third-order valence-electron chi connectivity index (χ3n) is 3.75. The SMILES string of the molecule is C[C@@H](OC(=O)c1ccccc1)C(=O)Nc1nc(-c2cccc([N+](=O)[O-])c2)cs1. The van der Waals surface area contributed by atoms with E-state index in [0.717, 1.165) is 0 Å². The molecule has 1 N–H and O–H groups in total. The highest BCUT2D eigenvalue weighted by atomic mass is 32.1. The Bertz CT molecular complexity index is 1020. The van der Waals surface area contributed by atoms with Gasteiger partial charge in [0.2, 0.25) is 0 Å². The zero-order valence-corrected chi connectivity index (χ0v) is 15.5. The van der Waals surface area contributed by atoms with Crippen LogP contribution in [0.3, 0.4) is 0 Å². The van der Waals surface area contributed by atoms with Crippen LogP contribution in [0.2, 0.25) is 0 Å². The van der Waals surface area contributed by atoms with E-state index in [1.54, 1.807) is 47.8 Å². The number of anilines is 1. The van der Waals surface area contributed by atoms with Gasteiger partial charge >= 0.3 is 5.97 Å². The Kier molecular flexibility index (Phi) is 5.75. The number of carbonyl (C=O) groups is 2. The first-order valence-corrected chi connectivity index (χ1v) is 9.09. The summed E-state index contributed by atoms with van der Waals surface area (Å²) in [6.45, 7) is 1.46. The van der Waals surface area contributed by atoms with Crippen molar-refractivity contribution >= 4 is 34.0 Å². The monoisotopic (exact) mass is 397 g/mol. The molecule has 0 aliphatic rings. The summed E-state index contributed by atoms with van der Waals surface area (Å²) in [5, 5.41) is 15.4. The van der Waals surface area contributed by atoms with Crippen molar-refractivity contribution < 1.29 is 19.2 Å². The topological polar surface area (TPSA) is 111 Å². The zero-order valence-electron chi connectivity index (χ0n) is 14.7. The lowest BCUT2D eigenvalue weighted by molar-refractivity contribution is -0.384. The Morgan fingerprint density at radius 1 is 1.18 bits per heavy atom. The predicted molar refractivity (Wildman–Crippen MR) is 104 cm³/mol. The van der Waals surface area contributed by atoms with Crippen LogP contribution in [-0.4, -0.2) is 27.9 Å². The van der Waals surface area contributed by atoms with Gasteiger partial charge in [-0.15, -0.1) is 11.3 Å². The van der Waals surface area contributed by atoms with Crippen LogP contribution in [0.4, 0.5) is 10.8 Å². The van der Waals surface area contributed by atoms with Crippen molar-refractivity contribution in [3.63, 3.8) is 0 Å². The second-order valence-electron chi connectivity index (χ2n) is 5.75. The average molecular weight is 397 g/mol. The van der Waals surface area contributed by atoms with Gasteiger partial charge in [-0.2, -0.15) is 0 Å². The smallest absolute Gasteiger partial charge is 0.338 e. The number of non-ortho nitro benzene ring substituents is 1. The molecule has 0 saturated heterocycles. The molecular weight excluding hydrogens is 382 g/mol.